The van der Waals surface area contributed by atoms with Gasteiger partial charge in [0.15, 0.2) is 0 Å². The SMILES string of the molecule is CCCCCCCCCCCCCCCCCCCCCC(O)CC(=O)NC(COP(=O)(O)OC1C(O)C(O)C(O)C(O)C1O)C(O)CCCCCCCCCCCC. The average Bonchev–Trinajstić information content (AvgIpc) is 3.21. The Morgan fingerprint density at radius 1 is 0.525 bits per heavy atom. The third-order valence-corrected chi connectivity index (χ3v) is 13.0. The fourth-order valence-electron chi connectivity index (χ4n) is 8.01. The van der Waals surface area contributed by atoms with E-state index < -0.39 is 75.2 Å². The second-order valence-electron chi connectivity index (χ2n) is 17.5. The number of carbonyl (C=O) groups excluding carboxylic acids is 1. The molecule has 0 heterocycles. The van der Waals surface area contributed by atoms with Crippen LogP contribution in [-0.4, -0.2) is 108 Å². The number of aliphatic hydroxyl groups is 7. The van der Waals surface area contributed by atoms with Gasteiger partial charge in [-0.3, -0.25) is 13.8 Å². The van der Waals surface area contributed by atoms with Gasteiger partial charge in [-0.1, -0.05) is 200 Å². The van der Waals surface area contributed by atoms with Crippen molar-refractivity contribution in [3.8, 4) is 0 Å². The molecule has 0 bridgehead atoms. The zero-order valence-electron chi connectivity index (χ0n) is 37.2. The summed E-state index contributed by atoms with van der Waals surface area (Å²) >= 11 is 0. The lowest BCUT2D eigenvalue weighted by Crippen LogP contribution is -2.64. The van der Waals surface area contributed by atoms with Crippen LogP contribution in [0, 0.1) is 0 Å². The molecule has 9 N–H and O–H groups in total. The molecule has 0 aromatic carbocycles. The molecule has 0 aromatic heterocycles. The number of nitrogens with one attached hydrogen (secondary N) is 1. The van der Waals surface area contributed by atoms with E-state index in [0.29, 0.717) is 12.8 Å². The monoisotopic (exact) mass is 868 g/mol. The summed E-state index contributed by atoms with van der Waals surface area (Å²) in [6.07, 6.45) is 21.7. The number of rotatable bonds is 40. The highest BCUT2D eigenvalue weighted by molar-refractivity contribution is 7.47. The fraction of sp³-hybridized carbons (Fsp3) is 0.978. The maximum atomic E-state index is 13.0. The lowest BCUT2D eigenvalue weighted by Gasteiger charge is -2.41. The van der Waals surface area contributed by atoms with E-state index in [1.807, 2.05) is 0 Å². The Morgan fingerprint density at radius 3 is 1.22 bits per heavy atom. The van der Waals surface area contributed by atoms with Crippen LogP contribution in [-0.2, 0) is 18.4 Å². The van der Waals surface area contributed by atoms with Crippen LogP contribution in [0.3, 0.4) is 0 Å². The molecule has 1 saturated carbocycles. The number of hydrogen-bond donors (Lipinski definition) is 9. The minimum absolute atomic E-state index is 0.216. The summed E-state index contributed by atoms with van der Waals surface area (Å²) in [5.74, 6) is -0.557. The number of carbonyl (C=O) groups is 1. The molecule has 1 amide bonds. The second kappa shape index (κ2) is 35.7. The van der Waals surface area contributed by atoms with Gasteiger partial charge in [-0.15, -0.1) is 0 Å². The topological polar surface area (TPSA) is 226 Å². The molecule has 1 aliphatic carbocycles. The number of phosphoric ester groups is 1. The minimum Gasteiger partial charge on any atom is -0.393 e. The first kappa shape index (κ1) is 56.3. The van der Waals surface area contributed by atoms with E-state index >= 15 is 0 Å². The summed E-state index contributed by atoms with van der Waals surface area (Å²) in [6, 6.07) is -1.15. The van der Waals surface area contributed by atoms with Gasteiger partial charge in [0.25, 0.3) is 0 Å². The highest BCUT2D eigenvalue weighted by Crippen LogP contribution is 2.47. The van der Waals surface area contributed by atoms with Crippen LogP contribution >= 0.6 is 7.82 Å². The zero-order valence-corrected chi connectivity index (χ0v) is 38.1. The van der Waals surface area contributed by atoms with E-state index in [-0.39, 0.29) is 12.8 Å². The Kier molecular flexibility index (Phi) is 34.1. The van der Waals surface area contributed by atoms with Crippen molar-refractivity contribution in [2.75, 3.05) is 6.61 Å². The van der Waals surface area contributed by atoms with Crippen molar-refractivity contribution < 1.29 is 59.0 Å². The van der Waals surface area contributed by atoms with Crippen molar-refractivity contribution >= 4 is 13.7 Å². The second-order valence-corrected chi connectivity index (χ2v) is 18.9. The van der Waals surface area contributed by atoms with Crippen molar-refractivity contribution in [3.05, 3.63) is 0 Å². The number of hydrogen-bond acceptors (Lipinski definition) is 11. The van der Waals surface area contributed by atoms with Gasteiger partial charge in [-0.2, -0.15) is 0 Å². The molecule has 8 atom stereocenters. The normalized spacial score (nSPS) is 23.5. The third-order valence-electron chi connectivity index (χ3n) is 12.0. The third kappa shape index (κ3) is 27.9. The number of amides is 1. The van der Waals surface area contributed by atoms with Crippen molar-refractivity contribution in [3.63, 3.8) is 0 Å². The molecule has 8 unspecified atom stereocenters. The Bertz CT molecular complexity index is 1030. The zero-order chi connectivity index (χ0) is 43.7. The summed E-state index contributed by atoms with van der Waals surface area (Å²) in [5.41, 5.74) is 0. The molecular weight excluding hydrogens is 777 g/mol. The van der Waals surface area contributed by atoms with Crippen molar-refractivity contribution in [1.29, 1.82) is 0 Å². The van der Waals surface area contributed by atoms with Gasteiger partial charge in [0.2, 0.25) is 5.91 Å². The predicted molar refractivity (Wildman–Crippen MR) is 234 cm³/mol. The highest BCUT2D eigenvalue weighted by atomic mass is 31.2. The average molecular weight is 868 g/mol. The van der Waals surface area contributed by atoms with E-state index in [1.54, 1.807) is 0 Å². The van der Waals surface area contributed by atoms with Gasteiger partial charge in [0, 0.05) is 0 Å². The van der Waals surface area contributed by atoms with E-state index in [9.17, 15) is 50.0 Å². The molecule has 0 spiro atoms. The molecule has 0 aromatic rings. The van der Waals surface area contributed by atoms with Crippen LogP contribution in [0.5, 0.6) is 0 Å². The number of unbranched alkanes of at least 4 members (excludes halogenated alkanes) is 27. The van der Waals surface area contributed by atoms with E-state index in [1.165, 1.54) is 128 Å². The van der Waals surface area contributed by atoms with Gasteiger partial charge in [-0.25, -0.2) is 4.57 Å². The van der Waals surface area contributed by atoms with Crippen molar-refractivity contribution in [1.82, 2.24) is 5.32 Å². The summed E-state index contributed by atoms with van der Waals surface area (Å²) in [5, 5.41) is 74.5. The first-order chi connectivity index (χ1) is 28.3. The van der Waals surface area contributed by atoms with Gasteiger partial charge in [0.1, 0.15) is 36.6 Å². The maximum absolute atomic E-state index is 13.0. The van der Waals surface area contributed by atoms with Crippen LogP contribution < -0.4 is 5.32 Å². The molecule has 1 rings (SSSR count). The van der Waals surface area contributed by atoms with Crippen LogP contribution in [0.15, 0.2) is 0 Å². The largest absolute Gasteiger partial charge is 0.472 e. The van der Waals surface area contributed by atoms with Crippen LogP contribution in [0.2, 0.25) is 0 Å². The maximum Gasteiger partial charge on any atom is 0.472 e. The summed E-state index contributed by atoms with van der Waals surface area (Å²) in [7, 11) is -5.11. The Balaban J connectivity index is 2.42. The van der Waals surface area contributed by atoms with Gasteiger partial charge < -0.3 is 46.0 Å². The summed E-state index contributed by atoms with van der Waals surface area (Å²) in [6.45, 7) is 3.78. The Hall–Kier alpha value is -0.700. The van der Waals surface area contributed by atoms with Crippen LogP contribution in [0.1, 0.15) is 219 Å². The molecule has 0 aliphatic heterocycles. The Morgan fingerprint density at radius 2 is 0.847 bits per heavy atom. The summed E-state index contributed by atoms with van der Waals surface area (Å²) < 4.78 is 22.9. The quantitative estimate of drug-likeness (QED) is 0.0211. The van der Waals surface area contributed by atoms with E-state index in [2.05, 4.69) is 19.2 Å². The first-order valence-corrected chi connectivity index (χ1v) is 25.6. The molecule has 59 heavy (non-hydrogen) atoms. The first-order valence-electron chi connectivity index (χ1n) is 24.1. The summed E-state index contributed by atoms with van der Waals surface area (Å²) in [4.78, 5) is 23.4. The molecule has 0 saturated heterocycles. The molecule has 1 aliphatic rings. The van der Waals surface area contributed by atoms with E-state index in [4.69, 9.17) is 9.05 Å². The number of aliphatic hydroxyl groups excluding tert-OH is 7. The minimum atomic E-state index is -5.11. The van der Waals surface area contributed by atoms with Crippen molar-refractivity contribution in [2.45, 2.75) is 274 Å². The lowest BCUT2D eigenvalue weighted by atomic mass is 9.85. The molecule has 0 radical (unpaired) electrons. The van der Waals surface area contributed by atoms with Crippen LogP contribution in [0.4, 0.5) is 0 Å². The molecular formula is C45H90NO12P. The van der Waals surface area contributed by atoms with Crippen molar-refractivity contribution in [2.24, 2.45) is 0 Å². The van der Waals surface area contributed by atoms with Gasteiger partial charge >= 0.3 is 7.82 Å². The van der Waals surface area contributed by atoms with E-state index in [0.717, 1.165) is 51.4 Å². The van der Waals surface area contributed by atoms with Gasteiger partial charge in [-0.05, 0) is 12.8 Å². The highest BCUT2D eigenvalue weighted by Gasteiger charge is 2.51. The smallest absolute Gasteiger partial charge is 0.393 e. The molecule has 13 nitrogen and oxygen atoms in total. The van der Waals surface area contributed by atoms with Gasteiger partial charge in [0.05, 0.1) is 31.3 Å². The standard InChI is InChI=1S/C45H90NO12P/c1-3-5-7-9-11-13-15-16-17-18-19-20-21-22-23-24-26-28-30-32-36(47)34-39(49)46-37(38(48)33-31-29-27-25-14-12-10-8-6-4-2)35-57-59(55,56)58-45-43(53)41(51)40(50)42(52)44(45)54/h36-38,40-45,47-48,50-54H,3-35H2,1-2H3,(H,46,49)(H,55,56). The fourth-order valence-corrected chi connectivity index (χ4v) is 8.98. The molecule has 352 valence electrons. The predicted octanol–water partition coefficient (Wildman–Crippen LogP) is 8.04. The molecule has 14 heteroatoms. The lowest BCUT2D eigenvalue weighted by molar-refractivity contribution is -0.220. The molecule has 1 fully saturated rings. The number of phosphoric acid groups is 1. The Labute approximate surface area is 358 Å². The van der Waals surface area contributed by atoms with Crippen LogP contribution in [0.25, 0.3) is 0 Å².